The molecule has 0 aliphatic heterocycles. The molecule has 2 nitrogen and oxygen atoms in total. The first-order chi connectivity index (χ1) is 7.33. The topological polar surface area (TPSA) is 35.2 Å². The van der Waals surface area contributed by atoms with Crippen LogP contribution in [0.3, 0.4) is 0 Å². The molecule has 0 saturated heterocycles. The van der Waals surface area contributed by atoms with Crippen LogP contribution >= 0.6 is 0 Å². The van der Waals surface area contributed by atoms with Gasteiger partial charge in [-0.05, 0) is 16.3 Å². The summed E-state index contributed by atoms with van der Waals surface area (Å²) in [6.45, 7) is 2.67. The van der Waals surface area contributed by atoms with E-state index >= 15 is 0 Å². The van der Waals surface area contributed by atoms with Gasteiger partial charge < -0.3 is 4.84 Å². The lowest BCUT2D eigenvalue weighted by atomic mass is 9.95. The normalized spacial score (nSPS) is 12.9. The van der Waals surface area contributed by atoms with Gasteiger partial charge in [0.1, 0.15) is 0 Å². The van der Waals surface area contributed by atoms with Crippen molar-refractivity contribution < 1.29 is 4.84 Å². The van der Waals surface area contributed by atoms with Crippen LogP contribution in [0.2, 0.25) is 0 Å². The smallest absolute Gasteiger partial charge is 0.0745 e. The fourth-order valence-electron chi connectivity index (χ4n) is 1.91. The Hall–Kier alpha value is -1.38. The number of nitrogens with two attached hydrogens (primary N) is 1. The minimum atomic E-state index is 0.320. The van der Waals surface area contributed by atoms with Gasteiger partial charge in [0.05, 0.1) is 6.61 Å². The van der Waals surface area contributed by atoms with E-state index in [9.17, 15) is 0 Å². The summed E-state index contributed by atoms with van der Waals surface area (Å²) in [5, 5.41) is 2.54. The Morgan fingerprint density at radius 3 is 2.67 bits per heavy atom. The first-order valence-corrected chi connectivity index (χ1v) is 5.12. The number of rotatable bonds is 3. The minimum absolute atomic E-state index is 0.320. The molecule has 1 unspecified atom stereocenters. The molecule has 2 aromatic carbocycles. The van der Waals surface area contributed by atoms with Crippen molar-refractivity contribution in [2.24, 2.45) is 5.90 Å². The van der Waals surface area contributed by atoms with E-state index in [0.29, 0.717) is 12.5 Å². The summed E-state index contributed by atoms with van der Waals surface area (Å²) in [4.78, 5) is 4.71. The lowest BCUT2D eigenvalue weighted by Gasteiger charge is -2.13. The van der Waals surface area contributed by atoms with Crippen molar-refractivity contribution >= 4 is 10.8 Å². The molecule has 1 atom stereocenters. The first-order valence-electron chi connectivity index (χ1n) is 5.12. The highest BCUT2D eigenvalue weighted by atomic mass is 16.6. The van der Waals surface area contributed by atoms with Gasteiger partial charge in [-0.15, -0.1) is 0 Å². The second-order valence-corrected chi connectivity index (χ2v) is 3.80. The molecule has 0 aromatic heterocycles. The van der Waals surface area contributed by atoms with Crippen LogP contribution in [0.15, 0.2) is 42.5 Å². The van der Waals surface area contributed by atoms with Crippen molar-refractivity contribution in [3.8, 4) is 0 Å². The summed E-state index contributed by atoms with van der Waals surface area (Å²) in [5.41, 5.74) is 1.29. The second-order valence-electron chi connectivity index (χ2n) is 3.80. The summed E-state index contributed by atoms with van der Waals surface area (Å²) >= 11 is 0. The number of hydrogen-bond acceptors (Lipinski definition) is 2. The van der Waals surface area contributed by atoms with E-state index in [1.807, 2.05) is 0 Å². The van der Waals surface area contributed by atoms with E-state index < -0.39 is 0 Å². The summed E-state index contributed by atoms with van der Waals surface area (Å²) in [7, 11) is 0. The van der Waals surface area contributed by atoms with Gasteiger partial charge in [-0.25, -0.2) is 5.90 Å². The van der Waals surface area contributed by atoms with Crippen molar-refractivity contribution in [2.75, 3.05) is 6.61 Å². The summed E-state index contributed by atoms with van der Waals surface area (Å²) in [5.74, 6) is 5.43. The zero-order chi connectivity index (χ0) is 10.7. The summed E-state index contributed by atoms with van der Waals surface area (Å²) in [6, 6.07) is 14.7. The third kappa shape index (κ3) is 2.01. The van der Waals surface area contributed by atoms with Gasteiger partial charge in [0.25, 0.3) is 0 Å². The number of benzene rings is 2. The highest BCUT2D eigenvalue weighted by Gasteiger charge is 2.08. The van der Waals surface area contributed by atoms with E-state index in [0.717, 1.165) is 0 Å². The Bertz CT molecular complexity index is 448. The summed E-state index contributed by atoms with van der Waals surface area (Å²) in [6.07, 6.45) is 0. The average Bonchev–Trinajstić information content (AvgIpc) is 2.28. The van der Waals surface area contributed by atoms with Crippen LogP contribution in [0.4, 0.5) is 0 Å². The molecule has 0 aliphatic carbocycles. The van der Waals surface area contributed by atoms with E-state index in [-0.39, 0.29) is 0 Å². The molecule has 0 amide bonds. The van der Waals surface area contributed by atoms with Gasteiger partial charge >= 0.3 is 0 Å². The fourth-order valence-corrected chi connectivity index (χ4v) is 1.91. The maximum Gasteiger partial charge on any atom is 0.0745 e. The molecule has 0 radical (unpaired) electrons. The molecule has 0 spiro atoms. The fraction of sp³-hybridized carbons (Fsp3) is 0.231. The standard InChI is InChI=1S/C13H15NO/c1-10(9-15-14)12-8-4-6-11-5-2-3-7-13(11)12/h2-8,10H,9,14H2,1H3. The predicted molar refractivity (Wildman–Crippen MR) is 62.5 cm³/mol. The highest BCUT2D eigenvalue weighted by molar-refractivity contribution is 5.86. The predicted octanol–water partition coefficient (Wildman–Crippen LogP) is 2.83. The zero-order valence-corrected chi connectivity index (χ0v) is 8.81. The maximum atomic E-state index is 5.11. The van der Waals surface area contributed by atoms with E-state index in [2.05, 4.69) is 49.4 Å². The molecule has 2 heteroatoms. The van der Waals surface area contributed by atoms with Crippen molar-refractivity contribution in [3.05, 3.63) is 48.0 Å². The van der Waals surface area contributed by atoms with Gasteiger partial charge in [0.15, 0.2) is 0 Å². The van der Waals surface area contributed by atoms with Crippen LogP contribution in [-0.4, -0.2) is 6.61 Å². The van der Waals surface area contributed by atoms with E-state index in [1.54, 1.807) is 0 Å². The Morgan fingerprint density at radius 2 is 1.87 bits per heavy atom. The Morgan fingerprint density at radius 1 is 1.13 bits per heavy atom. The lowest BCUT2D eigenvalue weighted by molar-refractivity contribution is 0.127. The molecule has 2 rings (SSSR count). The van der Waals surface area contributed by atoms with Crippen LogP contribution in [0, 0.1) is 0 Å². The lowest BCUT2D eigenvalue weighted by Crippen LogP contribution is -2.08. The molecular formula is C13H15NO. The van der Waals surface area contributed by atoms with E-state index in [4.69, 9.17) is 10.7 Å². The van der Waals surface area contributed by atoms with Crippen molar-refractivity contribution in [1.29, 1.82) is 0 Å². The quantitative estimate of drug-likeness (QED) is 0.775. The van der Waals surface area contributed by atoms with Crippen molar-refractivity contribution in [2.45, 2.75) is 12.8 Å². The average molecular weight is 201 g/mol. The van der Waals surface area contributed by atoms with Crippen LogP contribution in [0.25, 0.3) is 10.8 Å². The molecule has 0 fully saturated rings. The highest BCUT2D eigenvalue weighted by Crippen LogP contribution is 2.25. The Kier molecular flexibility index (Phi) is 2.99. The SMILES string of the molecule is CC(CON)c1cccc2ccccc12. The van der Waals surface area contributed by atoms with Crippen molar-refractivity contribution in [1.82, 2.24) is 0 Å². The number of hydrogen-bond donors (Lipinski definition) is 1. The van der Waals surface area contributed by atoms with Gasteiger partial charge in [0.2, 0.25) is 0 Å². The first kappa shape index (κ1) is 10.1. The maximum absolute atomic E-state index is 5.11. The molecule has 78 valence electrons. The largest absolute Gasteiger partial charge is 0.304 e. The number of fused-ring (bicyclic) bond motifs is 1. The molecule has 2 aromatic rings. The van der Waals surface area contributed by atoms with Crippen LogP contribution in [0.5, 0.6) is 0 Å². The third-order valence-electron chi connectivity index (χ3n) is 2.70. The van der Waals surface area contributed by atoms with Gasteiger partial charge in [-0.3, -0.25) is 0 Å². The molecule has 2 N–H and O–H groups in total. The Balaban J connectivity index is 2.50. The van der Waals surface area contributed by atoms with Gasteiger partial charge in [-0.1, -0.05) is 49.4 Å². The molecule has 0 saturated carbocycles. The molecule has 0 bridgehead atoms. The molecular weight excluding hydrogens is 186 g/mol. The molecule has 0 aliphatic rings. The second kappa shape index (κ2) is 4.43. The van der Waals surface area contributed by atoms with Crippen molar-refractivity contribution in [3.63, 3.8) is 0 Å². The Labute approximate surface area is 89.6 Å². The third-order valence-corrected chi connectivity index (χ3v) is 2.70. The molecule has 15 heavy (non-hydrogen) atoms. The van der Waals surface area contributed by atoms with Gasteiger partial charge in [-0.2, -0.15) is 0 Å². The van der Waals surface area contributed by atoms with Crippen LogP contribution < -0.4 is 5.90 Å². The van der Waals surface area contributed by atoms with Crippen LogP contribution in [0.1, 0.15) is 18.4 Å². The minimum Gasteiger partial charge on any atom is -0.304 e. The summed E-state index contributed by atoms with van der Waals surface area (Å²) < 4.78 is 0. The van der Waals surface area contributed by atoms with Gasteiger partial charge in [0, 0.05) is 5.92 Å². The monoisotopic (exact) mass is 201 g/mol. The van der Waals surface area contributed by atoms with Crippen LogP contribution in [-0.2, 0) is 4.84 Å². The zero-order valence-electron chi connectivity index (χ0n) is 8.81. The van der Waals surface area contributed by atoms with E-state index in [1.165, 1.54) is 16.3 Å². The molecule has 0 heterocycles.